The van der Waals surface area contributed by atoms with Crippen LogP contribution in [-0.2, 0) is 0 Å². The third kappa shape index (κ3) is 4.13. The van der Waals surface area contributed by atoms with Crippen molar-refractivity contribution in [2.45, 2.75) is 50.9 Å². The van der Waals surface area contributed by atoms with Crippen LogP contribution in [0.15, 0.2) is 36.4 Å². The summed E-state index contributed by atoms with van der Waals surface area (Å²) in [6.45, 7) is 6.46. The quantitative estimate of drug-likeness (QED) is 0.824. The predicted octanol–water partition coefficient (Wildman–Crippen LogP) is 3.70. The molecule has 1 fully saturated rings. The molecule has 2 heterocycles. The fourth-order valence-electron chi connectivity index (χ4n) is 4.51. The Morgan fingerprint density at radius 2 is 1.90 bits per heavy atom. The molecular formula is C24H31NO4. The number of likely N-dealkylation sites (tertiary alicyclic amines) is 1. The number of hydrogen-bond acceptors (Lipinski definition) is 5. The van der Waals surface area contributed by atoms with Crippen LogP contribution in [0.2, 0.25) is 0 Å². The van der Waals surface area contributed by atoms with E-state index in [1.165, 1.54) is 11.1 Å². The largest absolute Gasteiger partial charge is 0.497 e. The fraction of sp³-hybridized carbons (Fsp3) is 0.500. The van der Waals surface area contributed by atoms with E-state index in [9.17, 15) is 10.2 Å². The van der Waals surface area contributed by atoms with Gasteiger partial charge >= 0.3 is 0 Å². The molecule has 0 bridgehead atoms. The Morgan fingerprint density at radius 1 is 1.14 bits per heavy atom. The molecule has 0 radical (unpaired) electrons. The Hall–Kier alpha value is -2.08. The van der Waals surface area contributed by atoms with E-state index >= 15 is 0 Å². The van der Waals surface area contributed by atoms with Gasteiger partial charge < -0.3 is 24.6 Å². The van der Waals surface area contributed by atoms with Crippen LogP contribution in [0.4, 0.5) is 0 Å². The third-order valence-corrected chi connectivity index (χ3v) is 6.59. The van der Waals surface area contributed by atoms with Crippen molar-refractivity contribution in [3.8, 4) is 11.5 Å². The summed E-state index contributed by atoms with van der Waals surface area (Å²) in [4.78, 5) is 2.29. The van der Waals surface area contributed by atoms with E-state index in [1.54, 1.807) is 7.11 Å². The van der Waals surface area contributed by atoms with Gasteiger partial charge in [-0.2, -0.15) is 0 Å². The van der Waals surface area contributed by atoms with Gasteiger partial charge in [0.05, 0.1) is 19.3 Å². The van der Waals surface area contributed by atoms with Gasteiger partial charge in [0.25, 0.3) is 0 Å². The summed E-state index contributed by atoms with van der Waals surface area (Å²) in [5.74, 6) is 1.47. The SMILES string of the molecule is COc1ccc2c(c1)OC1(CCN(C[C@@H](O)c3ccc(C)c(C)c3)CC1)C[C@@H]2O. The number of ether oxygens (including phenoxy) is 2. The average Bonchev–Trinajstić information content (AvgIpc) is 2.71. The number of piperidine rings is 1. The molecule has 2 aliphatic rings. The molecule has 5 nitrogen and oxygen atoms in total. The number of β-amino-alcohol motifs (C(OH)–C–C–N with tert-alkyl or cyclic N) is 1. The molecule has 5 heteroatoms. The maximum atomic E-state index is 10.7. The minimum Gasteiger partial charge on any atom is -0.497 e. The molecule has 29 heavy (non-hydrogen) atoms. The predicted molar refractivity (Wildman–Crippen MR) is 112 cm³/mol. The number of aryl methyl sites for hydroxylation is 2. The zero-order chi connectivity index (χ0) is 20.6. The lowest BCUT2D eigenvalue weighted by atomic mass is 9.81. The summed E-state index contributed by atoms with van der Waals surface area (Å²) in [6.07, 6.45) is 1.27. The minimum absolute atomic E-state index is 0.347. The summed E-state index contributed by atoms with van der Waals surface area (Å²) in [5, 5.41) is 21.4. The molecule has 2 aliphatic heterocycles. The lowest BCUT2D eigenvalue weighted by Gasteiger charge is -2.46. The number of nitrogens with zero attached hydrogens (tertiary/aromatic N) is 1. The van der Waals surface area contributed by atoms with Crippen molar-refractivity contribution in [1.29, 1.82) is 0 Å². The number of aliphatic hydroxyl groups excluding tert-OH is 2. The first-order chi connectivity index (χ1) is 13.9. The molecule has 2 atom stereocenters. The average molecular weight is 398 g/mol. The van der Waals surface area contributed by atoms with Gasteiger partial charge in [-0.05, 0) is 55.5 Å². The molecule has 4 rings (SSSR count). The van der Waals surface area contributed by atoms with Gasteiger partial charge in [0.1, 0.15) is 17.1 Å². The van der Waals surface area contributed by atoms with E-state index in [0.717, 1.165) is 48.6 Å². The van der Waals surface area contributed by atoms with Crippen LogP contribution in [0.3, 0.4) is 0 Å². The molecule has 0 aliphatic carbocycles. The Balaban J connectivity index is 1.40. The molecule has 1 saturated heterocycles. The summed E-state index contributed by atoms with van der Waals surface area (Å²) < 4.78 is 11.7. The molecule has 156 valence electrons. The Bertz CT molecular complexity index is 873. The van der Waals surface area contributed by atoms with Crippen molar-refractivity contribution >= 4 is 0 Å². The van der Waals surface area contributed by atoms with E-state index in [-0.39, 0.29) is 5.60 Å². The maximum Gasteiger partial charge on any atom is 0.129 e. The van der Waals surface area contributed by atoms with Crippen LogP contribution >= 0.6 is 0 Å². The standard InChI is InChI=1S/C24H31NO4/c1-16-4-5-18(12-17(16)2)22(27)15-25-10-8-24(9-11-25)14-21(26)20-7-6-19(28-3)13-23(20)29-24/h4-7,12-13,21-22,26-27H,8-11,14-15H2,1-3H3/t21-,22+/m0/s1. The molecule has 2 aromatic carbocycles. The zero-order valence-corrected chi connectivity index (χ0v) is 17.5. The number of aliphatic hydroxyl groups is 2. The van der Waals surface area contributed by atoms with E-state index in [4.69, 9.17) is 9.47 Å². The van der Waals surface area contributed by atoms with Crippen molar-refractivity contribution in [3.63, 3.8) is 0 Å². The van der Waals surface area contributed by atoms with Crippen LogP contribution in [0, 0.1) is 13.8 Å². The first kappa shape index (κ1) is 20.2. The van der Waals surface area contributed by atoms with Crippen molar-refractivity contribution in [2.75, 3.05) is 26.7 Å². The first-order valence-corrected chi connectivity index (χ1v) is 10.4. The van der Waals surface area contributed by atoms with Gasteiger partial charge in [0, 0.05) is 37.7 Å². The van der Waals surface area contributed by atoms with Gasteiger partial charge in [-0.3, -0.25) is 0 Å². The second-order valence-electron chi connectivity index (χ2n) is 8.57. The molecule has 2 aromatic rings. The fourth-order valence-corrected chi connectivity index (χ4v) is 4.51. The van der Waals surface area contributed by atoms with Crippen LogP contribution in [0.25, 0.3) is 0 Å². The Labute approximate surface area is 172 Å². The van der Waals surface area contributed by atoms with E-state index in [0.29, 0.717) is 13.0 Å². The van der Waals surface area contributed by atoms with Crippen LogP contribution in [0.1, 0.15) is 53.7 Å². The Kier molecular flexibility index (Phi) is 5.56. The van der Waals surface area contributed by atoms with Gasteiger partial charge in [-0.25, -0.2) is 0 Å². The number of methoxy groups -OCH3 is 1. The highest BCUT2D eigenvalue weighted by atomic mass is 16.5. The van der Waals surface area contributed by atoms with Gasteiger partial charge in [-0.1, -0.05) is 18.2 Å². The van der Waals surface area contributed by atoms with Crippen LogP contribution in [-0.4, -0.2) is 47.5 Å². The highest BCUT2D eigenvalue weighted by Crippen LogP contribution is 2.45. The summed E-state index contributed by atoms with van der Waals surface area (Å²) in [7, 11) is 1.64. The van der Waals surface area contributed by atoms with Crippen LogP contribution < -0.4 is 9.47 Å². The number of rotatable bonds is 4. The van der Waals surface area contributed by atoms with Crippen molar-refractivity contribution in [1.82, 2.24) is 4.90 Å². The Morgan fingerprint density at radius 3 is 2.59 bits per heavy atom. The summed E-state index contributed by atoms with van der Waals surface area (Å²) in [6, 6.07) is 11.8. The highest BCUT2D eigenvalue weighted by Gasteiger charge is 2.43. The van der Waals surface area contributed by atoms with E-state index in [1.807, 2.05) is 24.3 Å². The van der Waals surface area contributed by atoms with Crippen molar-refractivity contribution < 1.29 is 19.7 Å². The lowest BCUT2D eigenvalue weighted by molar-refractivity contribution is -0.0588. The van der Waals surface area contributed by atoms with Gasteiger partial charge in [0.2, 0.25) is 0 Å². The normalized spacial score (nSPS) is 22.0. The molecule has 0 saturated carbocycles. The van der Waals surface area contributed by atoms with Crippen molar-refractivity contribution in [3.05, 3.63) is 58.7 Å². The lowest BCUT2D eigenvalue weighted by Crippen LogP contribution is -2.51. The minimum atomic E-state index is -0.516. The monoisotopic (exact) mass is 397 g/mol. The summed E-state index contributed by atoms with van der Waals surface area (Å²) in [5.41, 5.74) is 3.91. The molecule has 0 amide bonds. The van der Waals surface area contributed by atoms with Gasteiger partial charge in [-0.15, -0.1) is 0 Å². The first-order valence-electron chi connectivity index (χ1n) is 10.4. The molecule has 2 N–H and O–H groups in total. The zero-order valence-electron chi connectivity index (χ0n) is 17.5. The summed E-state index contributed by atoms with van der Waals surface area (Å²) >= 11 is 0. The maximum absolute atomic E-state index is 10.7. The number of fused-ring (bicyclic) bond motifs is 1. The van der Waals surface area contributed by atoms with E-state index in [2.05, 4.69) is 30.9 Å². The second-order valence-corrected chi connectivity index (χ2v) is 8.57. The topological polar surface area (TPSA) is 62.2 Å². The van der Waals surface area contributed by atoms with Crippen LogP contribution in [0.5, 0.6) is 11.5 Å². The third-order valence-electron chi connectivity index (χ3n) is 6.59. The number of benzene rings is 2. The smallest absolute Gasteiger partial charge is 0.129 e. The van der Waals surface area contributed by atoms with E-state index < -0.39 is 12.2 Å². The van der Waals surface area contributed by atoms with Gasteiger partial charge in [0.15, 0.2) is 0 Å². The molecular weight excluding hydrogens is 366 g/mol. The van der Waals surface area contributed by atoms with Crippen molar-refractivity contribution in [2.24, 2.45) is 0 Å². The highest BCUT2D eigenvalue weighted by molar-refractivity contribution is 5.44. The molecule has 0 unspecified atom stereocenters. The number of hydrogen-bond donors (Lipinski definition) is 2. The molecule has 0 aromatic heterocycles. The molecule has 1 spiro atoms. The second kappa shape index (κ2) is 7.98.